The summed E-state index contributed by atoms with van der Waals surface area (Å²) in [6.45, 7) is 3.99. The SMILES string of the molecule is Cc1sc2ncnc(SCC(=O)Nc3c(F)cccc3F)c2c1C. The molecule has 124 valence electrons. The van der Waals surface area contributed by atoms with E-state index in [1.807, 2.05) is 13.8 Å². The molecule has 3 aromatic rings. The van der Waals surface area contributed by atoms with E-state index >= 15 is 0 Å². The van der Waals surface area contributed by atoms with Gasteiger partial charge in [-0.3, -0.25) is 4.79 Å². The number of rotatable bonds is 4. The topological polar surface area (TPSA) is 54.9 Å². The van der Waals surface area contributed by atoms with Gasteiger partial charge in [-0.15, -0.1) is 11.3 Å². The average molecular weight is 365 g/mol. The number of benzene rings is 1. The predicted molar refractivity (Wildman–Crippen MR) is 92.6 cm³/mol. The van der Waals surface area contributed by atoms with E-state index in [4.69, 9.17) is 0 Å². The Morgan fingerprint density at radius 1 is 1.25 bits per heavy atom. The molecule has 1 amide bonds. The summed E-state index contributed by atoms with van der Waals surface area (Å²) in [5.74, 6) is -2.11. The fourth-order valence-corrected chi connectivity index (χ4v) is 4.10. The third kappa shape index (κ3) is 3.25. The van der Waals surface area contributed by atoms with Crippen molar-refractivity contribution in [2.75, 3.05) is 11.1 Å². The number of halogens is 2. The number of thiophene rings is 1. The maximum absolute atomic E-state index is 13.6. The lowest BCUT2D eigenvalue weighted by atomic mass is 10.2. The molecule has 0 atom stereocenters. The number of anilines is 1. The minimum absolute atomic E-state index is 0.00573. The number of hydrogen-bond donors (Lipinski definition) is 1. The van der Waals surface area contributed by atoms with Crippen LogP contribution >= 0.6 is 23.1 Å². The van der Waals surface area contributed by atoms with Gasteiger partial charge in [0.25, 0.3) is 0 Å². The van der Waals surface area contributed by atoms with Crippen LogP contribution in [0.5, 0.6) is 0 Å². The standard InChI is InChI=1S/C16H13F2N3OS2/c1-8-9(2)24-16-13(8)15(19-7-20-16)23-6-12(22)21-14-10(17)4-3-5-11(14)18/h3-5,7H,6H2,1-2H3,(H,21,22). The normalized spacial score (nSPS) is 11.0. The van der Waals surface area contributed by atoms with Crippen LogP contribution in [-0.4, -0.2) is 21.6 Å². The van der Waals surface area contributed by atoms with Gasteiger partial charge in [0.1, 0.15) is 33.5 Å². The Bertz CT molecular complexity index is 907. The zero-order chi connectivity index (χ0) is 17.3. The first-order valence-electron chi connectivity index (χ1n) is 7.04. The van der Waals surface area contributed by atoms with Crippen LogP contribution < -0.4 is 5.32 Å². The van der Waals surface area contributed by atoms with Gasteiger partial charge < -0.3 is 5.32 Å². The summed E-state index contributed by atoms with van der Waals surface area (Å²) in [6.07, 6.45) is 1.45. The number of aryl methyl sites for hydroxylation is 2. The lowest BCUT2D eigenvalue weighted by Crippen LogP contribution is -2.16. The number of para-hydroxylation sites is 1. The van der Waals surface area contributed by atoms with Gasteiger partial charge in [-0.05, 0) is 31.5 Å². The molecular formula is C16H13F2N3OS2. The highest BCUT2D eigenvalue weighted by molar-refractivity contribution is 8.00. The van der Waals surface area contributed by atoms with Crippen molar-refractivity contribution in [2.24, 2.45) is 0 Å². The summed E-state index contributed by atoms with van der Waals surface area (Å²) in [4.78, 5) is 22.5. The molecule has 1 N–H and O–H groups in total. The second-order valence-electron chi connectivity index (χ2n) is 5.08. The number of amides is 1. The van der Waals surface area contributed by atoms with Crippen LogP contribution in [0.1, 0.15) is 10.4 Å². The van der Waals surface area contributed by atoms with Crippen LogP contribution in [0.2, 0.25) is 0 Å². The van der Waals surface area contributed by atoms with Gasteiger partial charge in [-0.1, -0.05) is 17.8 Å². The van der Waals surface area contributed by atoms with Crippen molar-refractivity contribution in [3.63, 3.8) is 0 Å². The third-order valence-corrected chi connectivity index (χ3v) is 5.60. The molecule has 0 aliphatic heterocycles. The lowest BCUT2D eigenvalue weighted by Gasteiger charge is -2.07. The fraction of sp³-hybridized carbons (Fsp3) is 0.188. The van der Waals surface area contributed by atoms with Crippen LogP contribution in [0.25, 0.3) is 10.2 Å². The Morgan fingerprint density at radius 3 is 2.67 bits per heavy atom. The molecule has 2 heterocycles. The quantitative estimate of drug-likeness (QED) is 0.553. The Labute approximate surface area is 145 Å². The van der Waals surface area contributed by atoms with E-state index in [1.165, 1.54) is 24.2 Å². The maximum Gasteiger partial charge on any atom is 0.234 e. The van der Waals surface area contributed by atoms with Gasteiger partial charge in [-0.2, -0.15) is 0 Å². The predicted octanol–water partition coefficient (Wildman–Crippen LogP) is 4.32. The van der Waals surface area contributed by atoms with Gasteiger partial charge in [0.05, 0.1) is 5.75 Å². The minimum atomic E-state index is -0.804. The van der Waals surface area contributed by atoms with E-state index in [0.717, 1.165) is 32.8 Å². The van der Waals surface area contributed by atoms with Crippen LogP contribution in [0.3, 0.4) is 0 Å². The van der Waals surface area contributed by atoms with Gasteiger partial charge in [0.15, 0.2) is 0 Å². The van der Waals surface area contributed by atoms with Crippen molar-refractivity contribution >= 4 is 44.9 Å². The molecule has 4 nitrogen and oxygen atoms in total. The summed E-state index contributed by atoms with van der Waals surface area (Å²) in [5, 5.41) is 3.88. The highest BCUT2D eigenvalue weighted by Crippen LogP contribution is 2.34. The number of fused-ring (bicyclic) bond motifs is 1. The first kappa shape index (κ1) is 16.8. The summed E-state index contributed by atoms with van der Waals surface area (Å²) in [7, 11) is 0. The van der Waals surface area contributed by atoms with Crippen LogP contribution in [0.4, 0.5) is 14.5 Å². The molecule has 0 unspecified atom stereocenters. The highest BCUT2D eigenvalue weighted by Gasteiger charge is 2.15. The largest absolute Gasteiger partial charge is 0.320 e. The second-order valence-corrected chi connectivity index (χ2v) is 7.24. The van der Waals surface area contributed by atoms with Crippen LogP contribution in [0, 0.1) is 25.5 Å². The molecule has 2 aromatic heterocycles. The average Bonchev–Trinajstić information content (AvgIpc) is 2.84. The Morgan fingerprint density at radius 2 is 1.96 bits per heavy atom. The van der Waals surface area contributed by atoms with Gasteiger partial charge in [0.2, 0.25) is 5.91 Å². The fourth-order valence-electron chi connectivity index (χ4n) is 2.19. The smallest absolute Gasteiger partial charge is 0.234 e. The summed E-state index contributed by atoms with van der Waals surface area (Å²) >= 11 is 2.78. The molecule has 0 aliphatic carbocycles. The summed E-state index contributed by atoms with van der Waals surface area (Å²) < 4.78 is 27.1. The number of hydrogen-bond acceptors (Lipinski definition) is 5. The van der Waals surface area contributed by atoms with Crippen molar-refractivity contribution in [1.82, 2.24) is 9.97 Å². The molecule has 24 heavy (non-hydrogen) atoms. The summed E-state index contributed by atoms with van der Waals surface area (Å²) in [5.41, 5.74) is 0.650. The minimum Gasteiger partial charge on any atom is -0.320 e. The van der Waals surface area contributed by atoms with Crippen LogP contribution in [-0.2, 0) is 4.79 Å². The molecular weight excluding hydrogens is 352 g/mol. The summed E-state index contributed by atoms with van der Waals surface area (Å²) in [6, 6.07) is 3.43. The maximum atomic E-state index is 13.6. The number of nitrogens with one attached hydrogen (secondary N) is 1. The van der Waals surface area contributed by atoms with Crippen molar-refractivity contribution in [1.29, 1.82) is 0 Å². The van der Waals surface area contributed by atoms with Crippen molar-refractivity contribution in [3.05, 3.63) is 46.6 Å². The van der Waals surface area contributed by atoms with Crippen molar-refractivity contribution in [2.45, 2.75) is 18.9 Å². The van der Waals surface area contributed by atoms with E-state index in [9.17, 15) is 13.6 Å². The van der Waals surface area contributed by atoms with Crippen molar-refractivity contribution < 1.29 is 13.6 Å². The molecule has 0 saturated carbocycles. The Hall–Kier alpha value is -2.06. The van der Waals surface area contributed by atoms with E-state index in [1.54, 1.807) is 11.3 Å². The zero-order valence-electron chi connectivity index (χ0n) is 12.9. The molecule has 1 aromatic carbocycles. The number of carbonyl (C=O) groups excluding carboxylic acids is 1. The van der Waals surface area contributed by atoms with E-state index < -0.39 is 23.2 Å². The first-order valence-corrected chi connectivity index (χ1v) is 8.85. The number of thioether (sulfide) groups is 1. The number of nitrogens with zero attached hydrogens (tertiary/aromatic N) is 2. The monoisotopic (exact) mass is 365 g/mol. The van der Waals surface area contributed by atoms with Gasteiger partial charge in [0, 0.05) is 10.3 Å². The molecule has 0 saturated heterocycles. The molecule has 8 heteroatoms. The highest BCUT2D eigenvalue weighted by atomic mass is 32.2. The zero-order valence-corrected chi connectivity index (χ0v) is 14.5. The molecule has 0 bridgehead atoms. The second kappa shape index (κ2) is 6.82. The first-order chi connectivity index (χ1) is 11.5. The Kier molecular flexibility index (Phi) is 4.77. The molecule has 0 fully saturated rings. The van der Waals surface area contributed by atoms with Crippen molar-refractivity contribution in [3.8, 4) is 0 Å². The van der Waals surface area contributed by atoms with E-state index in [-0.39, 0.29) is 5.75 Å². The van der Waals surface area contributed by atoms with Gasteiger partial charge in [-0.25, -0.2) is 18.7 Å². The van der Waals surface area contributed by atoms with Gasteiger partial charge >= 0.3 is 0 Å². The third-order valence-electron chi connectivity index (χ3n) is 3.50. The molecule has 3 rings (SSSR count). The molecule has 0 spiro atoms. The van der Waals surface area contributed by atoms with Crippen LogP contribution in [0.15, 0.2) is 29.6 Å². The number of carbonyl (C=O) groups is 1. The molecule has 0 aliphatic rings. The van der Waals surface area contributed by atoms with E-state index in [0.29, 0.717) is 5.03 Å². The lowest BCUT2D eigenvalue weighted by molar-refractivity contribution is -0.113. The Balaban J connectivity index is 1.75. The van der Waals surface area contributed by atoms with E-state index in [2.05, 4.69) is 15.3 Å². The molecule has 0 radical (unpaired) electrons. The number of aromatic nitrogens is 2.